The molecule has 0 spiro atoms. The van der Waals surface area contributed by atoms with E-state index >= 15 is 0 Å². The topological polar surface area (TPSA) is 104 Å². The Morgan fingerprint density at radius 3 is 2.67 bits per heavy atom. The van der Waals surface area contributed by atoms with E-state index in [9.17, 15) is 15.3 Å². The zero-order chi connectivity index (χ0) is 17.4. The number of allylic oxidation sites excluding steroid dienone is 3. The van der Waals surface area contributed by atoms with E-state index in [1.807, 2.05) is 0 Å². The van der Waals surface area contributed by atoms with E-state index in [1.165, 1.54) is 0 Å². The standard InChI is InChI=1S/C16H24N2O6/c1-8(4-5-10-9(2)23-7-24-10)11-12-16(22-6-18(3)17-12)15(21)14(20)13(11)19/h4-5,11-17,19-21H,1,6-7H2,2-3H3/b5-4-/t11-,12-,13-,14+,15-,16+/m1/s1. The molecule has 4 N–H and O–H groups in total. The summed E-state index contributed by atoms with van der Waals surface area (Å²) in [4.78, 5) is 0. The van der Waals surface area contributed by atoms with Gasteiger partial charge in [0.25, 0.3) is 0 Å². The lowest BCUT2D eigenvalue weighted by molar-refractivity contribution is -0.225. The second-order valence-electron chi connectivity index (χ2n) is 6.35. The fraction of sp³-hybridized carbons (Fsp3) is 0.625. The fourth-order valence-corrected chi connectivity index (χ4v) is 3.35. The Morgan fingerprint density at radius 2 is 2.00 bits per heavy atom. The van der Waals surface area contributed by atoms with E-state index in [0.717, 1.165) is 0 Å². The lowest BCUT2D eigenvalue weighted by Crippen LogP contribution is -2.70. The summed E-state index contributed by atoms with van der Waals surface area (Å²) >= 11 is 0. The summed E-state index contributed by atoms with van der Waals surface area (Å²) in [6.45, 7) is 6.27. The van der Waals surface area contributed by atoms with Crippen LogP contribution in [0.1, 0.15) is 6.92 Å². The van der Waals surface area contributed by atoms with E-state index < -0.39 is 36.4 Å². The van der Waals surface area contributed by atoms with Crippen LogP contribution in [0.25, 0.3) is 0 Å². The highest BCUT2D eigenvalue weighted by Gasteiger charge is 2.52. The molecule has 3 aliphatic rings. The van der Waals surface area contributed by atoms with Crippen molar-refractivity contribution in [3.63, 3.8) is 0 Å². The van der Waals surface area contributed by atoms with Crippen LogP contribution >= 0.6 is 0 Å². The molecule has 134 valence electrons. The van der Waals surface area contributed by atoms with Gasteiger partial charge in [0.2, 0.25) is 6.79 Å². The minimum Gasteiger partial charge on any atom is -0.458 e. The molecule has 1 aliphatic carbocycles. The van der Waals surface area contributed by atoms with Gasteiger partial charge in [-0.1, -0.05) is 12.7 Å². The maximum atomic E-state index is 10.5. The average molecular weight is 340 g/mol. The second kappa shape index (κ2) is 6.83. The number of fused-ring (bicyclic) bond motifs is 1. The molecule has 0 aromatic heterocycles. The molecule has 0 bridgehead atoms. The first-order chi connectivity index (χ1) is 11.4. The van der Waals surface area contributed by atoms with Gasteiger partial charge in [-0.3, -0.25) is 0 Å². The summed E-state index contributed by atoms with van der Waals surface area (Å²) in [5.41, 5.74) is 3.77. The molecule has 8 heteroatoms. The zero-order valence-corrected chi connectivity index (χ0v) is 13.8. The summed E-state index contributed by atoms with van der Waals surface area (Å²) in [6.07, 6.45) is -0.843. The van der Waals surface area contributed by atoms with Crippen LogP contribution in [0.4, 0.5) is 0 Å². The summed E-state index contributed by atoms with van der Waals surface area (Å²) in [7, 11) is 1.80. The highest BCUT2D eigenvalue weighted by molar-refractivity contribution is 5.30. The lowest BCUT2D eigenvalue weighted by atomic mass is 9.73. The van der Waals surface area contributed by atoms with Crippen LogP contribution in [-0.2, 0) is 14.2 Å². The van der Waals surface area contributed by atoms with Crippen molar-refractivity contribution >= 4 is 0 Å². The minimum absolute atomic E-state index is 0.180. The first-order valence-corrected chi connectivity index (χ1v) is 7.86. The van der Waals surface area contributed by atoms with Gasteiger partial charge in [-0.2, -0.15) is 0 Å². The van der Waals surface area contributed by atoms with Crippen LogP contribution in [-0.4, -0.2) is 71.4 Å². The van der Waals surface area contributed by atoms with E-state index in [1.54, 1.807) is 31.1 Å². The van der Waals surface area contributed by atoms with Gasteiger partial charge in [-0.15, -0.1) is 0 Å². The molecule has 0 aromatic carbocycles. The van der Waals surface area contributed by atoms with Gasteiger partial charge in [0.05, 0.1) is 12.1 Å². The normalized spacial score (nSPS) is 40.4. The monoisotopic (exact) mass is 340 g/mol. The Labute approximate surface area is 140 Å². The van der Waals surface area contributed by atoms with Gasteiger partial charge in [-0.05, 0) is 18.6 Å². The van der Waals surface area contributed by atoms with Crippen molar-refractivity contribution in [3.05, 3.63) is 35.8 Å². The molecule has 2 aliphatic heterocycles. The van der Waals surface area contributed by atoms with Crippen LogP contribution in [0.3, 0.4) is 0 Å². The van der Waals surface area contributed by atoms with Crippen LogP contribution in [0.5, 0.6) is 0 Å². The third-order valence-electron chi connectivity index (χ3n) is 4.69. The molecule has 0 unspecified atom stereocenters. The van der Waals surface area contributed by atoms with Gasteiger partial charge in [0.1, 0.15) is 30.8 Å². The maximum absolute atomic E-state index is 10.5. The lowest BCUT2D eigenvalue weighted by Gasteiger charge is -2.50. The van der Waals surface area contributed by atoms with Crippen LogP contribution in [0.2, 0.25) is 0 Å². The molecule has 0 radical (unpaired) electrons. The van der Waals surface area contributed by atoms with Gasteiger partial charge in [0, 0.05) is 13.0 Å². The zero-order valence-electron chi connectivity index (χ0n) is 13.8. The first kappa shape index (κ1) is 17.4. The Balaban J connectivity index is 1.81. The van der Waals surface area contributed by atoms with Crippen LogP contribution in [0.15, 0.2) is 35.8 Å². The molecule has 8 nitrogen and oxygen atoms in total. The molecule has 2 fully saturated rings. The number of hydrogen-bond donors (Lipinski definition) is 4. The number of hydrogen-bond acceptors (Lipinski definition) is 8. The molecule has 0 amide bonds. The smallest absolute Gasteiger partial charge is 0.230 e. The maximum Gasteiger partial charge on any atom is 0.230 e. The highest BCUT2D eigenvalue weighted by Crippen LogP contribution is 2.35. The van der Waals surface area contributed by atoms with Crippen molar-refractivity contribution < 1.29 is 29.5 Å². The first-order valence-electron chi connectivity index (χ1n) is 7.86. The van der Waals surface area contributed by atoms with E-state index in [0.29, 0.717) is 17.1 Å². The number of nitrogens with one attached hydrogen (secondary N) is 1. The van der Waals surface area contributed by atoms with Crippen molar-refractivity contribution in [2.24, 2.45) is 5.92 Å². The van der Waals surface area contributed by atoms with Gasteiger partial charge in [-0.25, -0.2) is 10.4 Å². The summed E-state index contributed by atoms with van der Waals surface area (Å²) in [5.74, 6) is 0.745. The summed E-state index contributed by atoms with van der Waals surface area (Å²) < 4.78 is 16.2. The summed E-state index contributed by atoms with van der Waals surface area (Å²) in [5, 5.41) is 32.5. The summed E-state index contributed by atoms with van der Waals surface area (Å²) in [6, 6.07) is -0.412. The largest absolute Gasteiger partial charge is 0.458 e. The van der Waals surface area contributed by atoms with Crippen molar-refractivity contribution in [1.82, 2.24) is 10.4 Å². The predicted octanol–water partition coefficient (Wildman–Crippen LogP) is -0.792. The number of hydrazine groups is 1. The molecule has 0 aromatic rings. The van der Waals surface area contributed by atoms with Gasteiger partial charge in [0.15, 0.2) is 5.76 Å². The van der Waals surface area contributed by atoms with Crippen LogP contribution in [0, 0.1) is 5.92 Å². The SMILES string of the molecule is C=C(/C=C\C1=C(C)OCO1)[C@H]1[C@@H](O)[C@H](O)[C@@H](O)[C@H]2OCN(C)N[C@@H]21. The minimum atomic E-state index is -1.31. The van der Waals surface area contributed by atoms with E-state index in [2.05, 4.69) is 12.0 Å². The van der Waals surface area contributed by atoms with Crippen molar-refractivity contribution in [2.75, 3.05) is 20.6 Å². The molecule has 6 atom stereocenters. The van der Waals surface area contributed by atoms with Crippen molar-refractivity contribution in [3.8, 4) is 0 Å². The quantitative estimate of drug-likeness (QED) is 0.496. The van der Waals surface area contributed by atoms with E-state index in [4.69, 9.17) is 14.2 Å². The highest BCUT2D eigenvalue weighted by atomic mass is 16.7. The Hall–Kier alpha value is -1.42. The molecular formula is C16H24N2O6. The third-order valence-corrected chi connectivity index (χ3v) is 4.69. The predicted molar refractivity (Wildman–Crippen MR) is 84.0 cm³/mol. The number of ether oxygens (including phenoxy) is 3. The molecule has 3 rings (SSSR count). The fourth-order valence-electron chi connectivity index (χ4n) is 3.35. The average Bonchev–Trinajstić information content (AvgIpc) is 2.96. The van der Waals surface area contributed by atoms with Gasteiger partial charge < -0.3 is 29.5 Å². The molecule has 1 saturated carbocycles. The van der Waals surface area contributed by atoms with Crippen molar-refractivity contribution in [1.29, 1.82) is 0 Å². The second-order valence-corrected chi connectivity index (χ2v) is 6.35. The Morgan fingerprint density at radius 1 is 1.25 bits per heavy atom. The third kappa shape index (κ3) is 3.08. The number of nitrogens with zero attached hydrogens (tertiary/aromatic N) is 1. The number of aliphatic hydroxyl groups is 3. The number of aliphatic hydroxyl groups excluding tert-OH is 3. The van der Waals surface area contributed by atoms with Gasteiger partial charge >= 0.3 is 0 Å². The molecule has 24 heavy (non-hydrogen) atoms. The molecular weight excluding hydrogens is 316 g/mol. The van der Waals surface area contributed by atoms with Crippen molar-refractivity contribution in [2.45, 2.75) is 37.4 Å². The van der Waals surface area contributed by atoms with E-state index in [-0.39, 0.29) is 13.5 Å². The molecule has 2 heterocycles. The molecule has 1 saturated heterocycles. The Bertz CT molecular complexity index is 563. The van der Waals surface area contributed by atoms with Crippen LogP contribution < -0.4 is 5.43 Å². The Kier molecular flexibility index (Phi) is 4.95. The number of rotatable bonds is 3.